The van der Waals surface area contributed by atoms with Crippen molar-refractivity contribution >= 4 is 0 Å². The summed E-state index contributed by atoms with van der Waals surface area (Å²) in [5.41, 5.74) is 2.42. The molecule has 0 aromatic heterocycles. The van der Waals surface area contributed by atoms with E-state index in [2.05, 4.69) is 24.3 Å². The lowest BCUT2D eigenvalue weighted by Crippen LogP contribution is -2.21. The van der Waals surface area contributed by atoms with Gasteiger partial charge in [-0.25, -0.2) is 0 Å². The molecule has 0 spiro atoms. The molecular weight excluding hydrogens is 220 g/mol. The molecule has 1 fully saturated rings. The second-order valence-corrected chi connectivity index (χ2v) is 5.13. The van der Waals surface area contributed by atoms with E-state index in [1.54, 1.807) is 0 Å². The zero-order valence-corrected chi connectivity index (χ0v) is 10.4. The van der Waals surface area contributed by atoms with Crippen LogP contribution in [-0.2, 0) is 0 Å². The lowest BCUT2D eigenvalue weighted by Gasteiger charge is -2.24. The largest absolute Gasteiger partial charge is 0.392 e. The summed E-state index contributed by atoms with van der Waals surface area (Å²) in [6.45, 7) is 0. The molecule has 1 heteroatoms. The van der Waals surface area contributed by atoms with Crippen LogP contribution in [0.5, 0.6) is 0 Å². The molecule has 1 atom stereocenters. The molecule has 18 heavy (non-hydrogen) atoms. The zero-order chi connectivity index (χ0) is 12.4. The van der Waals surface area contributed by atoms with E-state index in [1.165, 1.54) is 11.1 Å². The van der Waals surface area contributed by atoms with Gasteiger partial charge in [0.25, 0.3) is 0 Å². The molecular formula is C17H18O. The van der Waals surface area contributed by atoms with Gasteiger partial charge in [0.1, 0.15) is 0 Å². The van der Waals surface area contributed by atoms with E-state index in [0.717, 1.165) is 12.8 Å². The first-order valence-corrected chi connectivity index (χ1v) is 6.64. The molecule has 1 unspecified atom stereocenters. The monoisotopic (exact) mass is 238 g/mol. The molecule has 0 saturated heterocycles. The summed E-state index contributed by atoms with van der Waals surface area (Å²) in [5.74, 6) is 0.593. The lowest BCUT2D eigenvalue weighted by atomic mass is 9.85. The fraction of sp³-hybridized carbons (Fsp3) is 0.294. The van der Waals surface area contributed by atoms with Crippen molar-refractivity contribution in [1.82, 2.24) is 0 Å². The molecule has 1 aliphatic carbocycles. The molecule has 1 N–H and O–H groups in total. The summed E-state index contributed by atoms with van der Waals surface area (Å²) in [6.07, 6.45) is 2.07. The van der Waals surface area contributed by atoms with Gasteiger partial charge in [-0.3, -0.25) is 0 Å². The van der Waals surface area contributed by atoms with E-state index < -0.39 is 0 Å². The van der Waals surface area contributed by atoms with Crippen LogP contribution in [0.3, 0.4) is 0 Å². The maximum atomic E-state index is 10.6. The van der Waals surface area contributed by atoms with Gasteiger partial charge in [0, 0.05) is 5.92 Å². The van der Waals surface area contributed by atoms with Gasteiger partial charge in [0.15, 0.2) is 0 Å². The van der Waals surface area contributed by atoms with Gasteiger partial charge in [-0.05, 0) is 29.9 Å². The third-order valence-corrected chi connectivity index (χ3v) is 3.76. The van der Waals surface area contributed by atoms with Gasteiger partial charge in [-0.15, -0.1) is 0 Å². The smallest absolute Gasteiger partial charge is 0.0677 e. The van der Waals surface area contributed by atoms with Crippen LogP contribution in [0.15, 0.2) is 60.7 Å². The van der Waals surface area contributed by atoms with Crippen molar-refractivity contribution in [1.29, 1.82) is 0 Å². The fourth-order valence-electron chi connectivity index (χ4n) is 2.62. The van der Waals surface area contributed by atoms with Crippen molar-refractivity contribution < 1.29 is 5.11 Å². The van der Waals surface area contributed by atoms with Crippen LogP contribution >= 0.6 is 0 Å². The molecule has 0 amide bonds. The minimum Gasteiger partial charge on any atom is -0.392 e. The highest BCUT2D eigenvalue weighted by molar-refractivity contribution is 5.34. The van der Waals surface area contributed by atoms with Gasteiger partial charge in [0.2, 0.25) is 0 Å². The molecule has 1 aliphatic rings. The Labute approximate surface area is 108 Å². The first-order valence-electron chi connectivity index (χ1n) is 6.64. The minimum atomic E-state index is -0.255. The average Bonchev–Trinajstić information content (AvgIpc) is 3.26. The van der Waals surface area contributed by atoms with Crippen molar-refractivity contribution in [2.24, 2.45) is 5.92 Å². The minimum absolute atomic E-state index is 0.111. The van der Waals surface area contributed by atoms with Crippen LogP contribution < -0.4 is 0 Å². The highest BCUT2D eigenvalue weighted by Crippen LogP contribution is 2.41. The highest BCUT2D eigenvalue weighted by Gasteiger charge is 2.36. The third kappa shape index (κ3) is 2.32. The van der Waals surface area contributed by atoms with Gasteiger partial charge in [-0.2, -0.15) is 0 Å². The van der Waals surface area contributed by atoms with E-state index >= 15 is 0 Å². The summed E-state index contributed by atoms with van der Waals surface area (Å²) in [4.78, 5) is 0. The Morgan fingerprint density at radius 3 is 1.61 bits per heavy atom. The van der Waals surface area contributed by atoms with Gasteiger partial charge in [-0.1, -0.05) is 60.7 Å². The number of hydrogen-bond donors (Lipinski definition) is 1. The number of rotatable bonds is 4. The first-order chi connectivity index (χ1) is 8.86. The molecule has 0 bridgehead atoms. The first kappa shape index (κ1) is 11.5. The van der Waals surface area contributed by atoms with Crippen molar-refractivity contribution in [3.63, 3.8) is 0 Å². The Morgan fingerprint density at radius 1 is 0.778 bits per heavy atom. The normalized spacial score (nSPS) is 16.8. The van der Waals surface area contributed by atoms with Crippen LogP contribution in [-0.4, -0.2) is 11.2 Å². The Morgan fingerprint density at radius 2 is 1.22 bits per heavy atom. The molecule has 0 radical (unpaired) electrons. The summed E-state index contributed by atoms with van der Waals surface area (Å²) < 4.78 is 0. The summed E-state index contributed by atoms with van der Waals surface area (Å²) in [7, 11) is 0. The van der Waals surface area contributed by atoms with Crippen LogP contribution in [0.25, 0.3) is 0 Å². The van der Waals surface area contributed by atoms with E-state index in [-0.39, 0.29) is 12.0 Å². The number of aliphatic hydroxyl groups excluding tert-OH is 1. The average molecular weight is 238 g/mol. The lowest BCUT2D eigenvalue weighted by molar-refractivity contribution is 0.133. The SMILES string of the molecule is OC(C1CC1)C(c1ccccc1)c1ccccc1. The summed E-state index contributed by atoms with van der Waals surface area (Å²) in [5, 5.41) is 10.6. The van der Waals surface area contributed by atoms with Crippen LogP contribution in [0.4, 0.5) is 0 Å². The molecule has 0 heterocycles. The quantitative estimate of drug-likeness (QED) is 0.863. The molecule has 0 aliphatic heterocycles. The zero-order valence-electron chi connectivity index (χ0n) is 10.4. The Hall–Kier alpha value is -1.60. The van der Waals surface area contributed by atoms with Gasteiger partial charge in [0.05, 0.1) is 6.10 Å². The second kappa shape index (κ2) is 4.95. The van der Waals surface area contributed by atoms with Gasteiger partial charge < -0.3 is 5.11 Å². The predicted molar refractivity (Wildman–Crippen MR) is 73.5 cm³/mol. The molecule has 2 aromatic rings. The predicted octanol–water partition coefficient (Wildman–Crippen LogP) is 3.59. The van der Waals surface area contributed by atoms with Crippen LogP contribution in [0, 0.1) is 5.92 Å². The fourth-order valence-corrected chi connectivity index (χ4v) is 2.62. The third-order valence-electron chi connectivity index (χ3n) is 3.76. The van der Waals surface area contributed by atoms with E-state index in [0.29, 0.717) is 5.92 Å². The van der Waals surface area contributed by atoms with E-state index in [4.69, 9.17) is 0 Å². The number of hydrogen-bond acceptors (Lipinski definition) is 1. The molecule has 3 rings (SSSR count). The molecule has 1 nitrogen and oxygen atoms in total. The maximum absolute atomic E-state index is 10.6. The Balaban J connectivity index is 1.98. The summed E-state index contributed by atoms with van der Waals surface area (Å²) in [6, 6.07) is 20.7. The number of benzene rings is 2. The van der Waals surface area contributed by atoms with Crippen molar-refractivity contribution in [3.8, 4) is 0 Å². The van der Waals surface area contributed by atoms with E-state index in [1.807, 2.05) is 36.4 Å². The highest BCUT2D eigenvalue weighted by atomic mass is 16.3. The molecule has 2 aromatic carbocycles. The molecule has 92 valence electrons. The number of aliphatic hydroxyl groups is 1. The van der Waals surface area contributed by atoms with Crippen LogP contribution in [0.1, 0.15) is 29.9 Å². The summed E-state index contributed by atoms with van der Waals surface area (Å²) >= 11 is 0. The Bertz CT molecular complexity index is 448. The topological polar surface area (TPSA) is 20.2 Å². The van der Waals surface area contributed by atoms with Gasteiger partial charge >= 0.3 is 0 Å². The second-order valence-electron chi connectivity index (χ2n) is 5.13. The van der Waals surface area contributed by atoms with Crippen molar-refractivity contribution in [2.45, 2.75) is 24.9 Å². The maximum Gasteiger partial charge on any atom is 0.0677 e. The van der Waals surface area contributed by atoms with Crippen molar-refractivity contribution in [2.75, 3.05) is 0 Å². The van der Waals surface area contributed by atoms with Crippen molar-refractivity contribution in [3.05, 3.63) is 71.8 Å². The standard InChI is InChI=1S/C17H18O/c18-17(15-11-12-15)16(13-7-3-1-4-8-13)14-9-5-2-6-10-14/h1-10,15-18H,11-12H2. The van der Waals surface area contributed by atoms with Crippen LogP contribution in [0.2, 0.25) is 0 Å². The Kier molecular flexibility index (Phi) is 3.16. The molecule has 1 saturated carbocycles. The van der Waals surface area contributed by atoms with E-state index in [9.17, 15) is 5.11 Å².